The van der Waals surface area contributed by atoms with Crippen molar-refractivity contribution >= 4 is 5.69 Å². The molecule has 1 aliphatic heterocycles. The van der Waals surface area contributed by atoms with Crippen LogP contribution < -0.4 is 5.32 Å². The van der Waals surface area contributed by atoms with Gasteiger partial charge in [-0.1, -0.05) is 25.1 Å². The summed E-state index contributed by atoms with van der Waals surface area (Å²) >= 11 is 0. The molecule has 1 N–H and O–H groups in total. The molecule has 22 heavy (non-hydrogen) atoms. The minimum absolute atomic E-state index is 0.768. The standard InChI is InChI=1S/C19H25N3/c1-16-9-12-22(13-10-16)15-17-5-7-18(8-6-17)21-14-19-4-2-3-11-20-19/h2-8,11,16,21H,9-10,12-15H2,1H3. The van der Waals surface area contributed by atoms with Crippen molar-refractivity contribution in [2.75, 3.05) is 18.4 Å². The van der Waals surface area contributed by atoms with E-state index in [2.05, 4.69) is 46.4 Å². The highest BCUT2D eigenvalue weighted by Crippen LogP contribution is 2.19. The van der Waals surface area contributed by atoms with Crippen molar-refractivity contribution in [3.63, 3.8) is 0 Å². The molecule has 0 spiro atoms. The number of nitrogens with one attached hydrogen (secondary N) is 1. The number of aromatic nitrogens is 1. The van der Waals surface area contributed by atoms with Gasteiger partial charge in [-0.25, -0.2) is 0 Å². The molecule has 1 aromatic heterocycles. The third kappa shape index (κ3) is 4.31. The van der Waals surface area contributed by atoms with Gasteiger partial charge in [-0.05, 0) is 61.7 Å². The highest BCUT2D eigenvalue weighted by molar-refractivity contribution is 5.44. The third-order valence-electron chi connectivity index (χ3n) is 4.44. The van der Waals surface area contributed by atoms with E-state index in [-0.39, 0.29) is 0 Å². The second-order valence-electron chi connectivity index (χ2n) is 6.33. The summed E-state index contributed by atoms with van der Waals surface area (Å²) in [5, 5.41) is 3.42. The van der Waals surface area contributed by atoms with E-state index in [0.717, 1.165) is 30.4 Å². The molecule has 1 fully saturated rings. The Morgan fingerprint density at radius 1 is 1.09 bits per heavy atom. The van der Waals surface area contributed by atoms with Crippen LogP contribution in [0.5, 0.6) is 0 Å². The number of hydrogen-bond donors (Lipinski definition) is 1. The summed E-state index contributed by atoms with van der Waals surface area (Å²) < 4.78 is 0. The fourth-order valence-electron chi connectivity index (χ4n) is 2.90. The van der Waals surface area contributed by atoms with Gasteiger partial charge in [0.1, 0.15) is 0 Å². The molecule has 3 heteroatoms. The molecule has 0 saturated carbocycles. The minimum Gasteiger partial charge on any atom is -0.379 e. The lowest BCUT2D eigenvalue weighted by atomic mass is 9.99. The summed E-state index contributed by atoms with van der Waals surface area (Å²) in [6.45, 7) is 6.68. The van der Waals surface area contributed by atoms with Crippen LogP contribution in [0.1, 0.15) is 31.0 Å². The van der Waals surface area contributed by atoms with Crippen LogP contribution in [0, 0.1) is 5.92 Å². The fraction of sp³-hybridized carbons (Fsp3) is 0.421. The van der Waals surface area contributed by atoms with Crippen LogP contribution in [-0.2, 0) is 13.1 Å². The van der Waals surface area contributed by atoms with Crippen molar-refractivity contribution in [3.05, 3.63) is 59.9 Å². The summed E-state index contributed by atoms with van der Waals surface area (Å²) in [5.41, 5.74) is 3.62. The zero-order valence-corrected chi connectivity index (χ0v) is 13.3. The Kier molecular flexibility index (Phi) is 5.07. The molecule has 0 radical (unpaired) electrons. The summed E-state index contributed by atoms with van der Waals surface area (Å²) in [6.07, 6.45) is 4.51. The monoisotopic (exact) mass is 295 g/mol. The Bertz CT molecular complexity index is 557. The van der Waals surface area contributed by atoms with Crippen LogP contribution in [0.15, 0.2) is 48.7 Å². The molecule has 2 heterocycles. The molecule has 0 aliphatic carbocycles. The van der Waals surface area contributed by atoms with Crippen molar-refractivity contribution in [1.82, 2.24) is 9.88 Å². The molecule has 1 aliphatic rings. The lowest BCUT2D eigenvalue weighted by Crippen LogP contribution is -2.32. The number of rotatable bonds is 5. The van der Waals surface area contributed by atoms with E-state index in [1.807, 2.05) is 24.4 Å². The average molecular weight is 295 g/mol. The van der Waals surface area contributed by atoms with Gasteiger partial charge < -0.3 is 5.32 Å². The molecular formula is C19H25N3. The van der Waals surface area contributed by atoms with Gasteiger partial charge in [-0.2, -0.15) is 0 Å². The maximum absolute atomic E-state index is 4.33. The highest BCUT2D eigenvalue weighted by atomic mass is 15.1. The lowest BCUT2D eigenvalue weighted by molar-refractivity contribution is 0.185. The molecule has 3 rings (SSSR count). The van der Waals surface area contributed by atoms with Crippen LogP contribution in [0.3, 0.4) is 0 Å². The molecule has 3 nitrogen and oxygen atoms in total. The molecule has 1 saturated heterocycles. The summed E-state index contributed by atoms with van der Waals surface area (Å²) in [7, 11) is 0. The van der Waals surface area contributed by atoms with Gasteiger partial charge in [0, 0.05) is 18.4 Å². The number of likely N-dealkylation sites (tertiary alicyclic amines) is 1. The number of hydrogen-bond acceptors (Lipinski definition) is 3. The Balaban J connectivity index is 1.50. The van der Waals surface area contributed by atoms with E-state index < -0.39 is 0 Å². The molecule has 116 valence electrons. The first-order chi connectivity index (χ1) is 10.8. The Morgan fingerprint density at radius 3 is 2.55 bits per heavy atom. The van der Waals surface area contributed by atoms with Gasteiger partial charge in [0.05, 0.1) is 12.2 Å². The van der Waals surface area contributed by atoms with Crippen LogP contribution in [0.2, 0.25) is 0 Å². The van der Waals surface area contributed by atoms with Crippen LogP contribution in [0.4, 0.5) is 5.69 Å². The van der Waals surface area contributed by atoms with Crippen molar-refractivity contribution in [1.29, 1.82) is 0 Å². The first-order valence-corrected chi connectivity index (χ1v) is 8.25. The number of pyridine rings is 1. The zero-order valence-electron chi connectivity index (χ0n) is 13.3. The smallest absolute Gasteiger partial charge is 0.0594 e. The van der Waals surface area contributed by atoms with Crippen molar-refractivity contribution in [2.45, 2.75) is 32.9 Å². The summed E-state index contributed by atoms with van der Waals surface area (Å²) in [5.74, 6) is 0.898. The zero-order chi connectivity index (χ0) is 15.2. The highest BCUT2D eigenvalue weighted by Gasteiger charge is 2.15. The predicted molar refractivity (Wildman–Crippen MR) is 91.7 cm³/mol. The van der Waals surface area contributed by atoms with Gasteiger partial charge in [0.2, 0.25) is 0 Å². The van der Waals surface area contributed by atoms with Crippen molar-refractivity contribution < 1.29 is 0 Å². The fourth-order valence-corrected chi connectivity index (χ4v) is 2.90. The molecular weight excluding hydrogens is 270 g/mol. The lowest BCUT2D eigenvalue weighted by Gasteiger charge is -2.30. The van der Waals surface area contributed by atoms with Gasteiger partial charge in [0.25, 0.3) is 0 Å². The molecule has 0 amide bonds. The topological polar surface area (TPSA) is 28.2 Å². The Labute approximate surface area is 133 Å². The second kappa shape index (κ2) is 7.41. The Hall–Kier alpha value is -1.87. The van der Waals surface area contributed by atoms with Gasteiger partial charge in [0.15, 0.2) is 0 Å². The predicted octanol–water partition coefficient (Wildman–Crippen LogP) is 3.93. The quantitative estimate of drug-likeness (QED) is 0.906. The molecule has 0 atom stereocenters. The molecule has 2 aromatic rings. The van der Waals surface area contributed by atoms with E-state index in [4.69, 9.17) is 0 Å². The van der Waals surface area contributed by atoms with Gasteiger partial charge >= 0.3 is 0 Å². The first-order valence-electron chi connectivity index (χ1n) is 8.25. The molecule has 0 unspecified atom stereocenters. The van der Waals surface area contributed by atoms with Crippen molar-refractivity contribution in [3.8, 4) is 0 Å². The van der Waals surface area contributed by atoms with E-state index in [0.29, 0.717) is 0 Å². The largest absolute Gasteiger partial charge is 0.379 e. The van der Waals surface area contributed by atoms with Crippen LogP contribution >= 0.6 is 0 Å². The number of anilines is 1. The number of benzene rings is 1. The Morgan fingerprint density at radius 2 is 1.86 bits per heavy atom. The summed E-state index contributed by atoms with van der Waals surface area (Å²) in [6, 6.07) is 14.8. The SMILES string of the molecule is CC1CCN(Cc2ccc(NCc3ccccn3)cc2)CC1. The maximum Gasteiger partial charge on any atom is 0.0594 e. The molecule has 0 bridgehead atoms. The first kappa shape index (κ1) is 15.0. The van der Waals surface area contributed by atoms with Crippen LogP contribution in [-0.4, -0.2) is 23.0 Å². The summed E-state index contributed by atoms with van der Waals surface area (Å²) in [4.78, 5) is 6.89. The van der Waals surface area contributed by atoms with E-state index in [1.54, 1.807) is 0 Å². The van der Waals surface area contributed by atoms with E-state index >= 15 is 0 Å². The normalized spacial score (nSPS) is 16.6. The van der Waals surface area contributed by atoms with Gasteiger partial charge in [-0.15, -0.1) is 0 Å². The minimum atomic E-state index is 0.768. The molecule has 1 aromatic carbocycles. The van der Waals surface area contributed by atoms with Crippen molar-refractivity contribution in [2.24, 2.45) is 5.92 Å². The third-order valence-corrected chi connectivity index (χ3v) is 4.44. The average Bonchev–Trinajstić information content (AvgIpc) is 2.57. The van der Waals surface area contributed by atoms with Gasteiger partial charge in [-0.3, -0.25) is 9.88 Å². The van der Waals surface area contributed by atoms with E-state index in [1.165, 1.54) is 31.5 Å². The van der Waals surface area contributed by atoms with E-state index in [9.17, 15) is 0 Å². The number of piperidine rings is 1. The second-order valence-corrected chi connectivity index (χ2v) is 6.33. The number of nitrogens with zero attached hydrogens (tertiary/aromatic N) is 2. The van der Waals surface area contributed by atoms with Crippen LogP contribution in [0.25, 0.3) is 0 Å². The maximum atomic E-state index is 4.33.